The molecule has 1 aromatic carbocycles. The summed E-state index contributed by atoms with van der Waals surface area (Å²) in [5.41, 5.74) is 0.639. The molecule has 2 heterocycles. The molecule has 1 atom stereocenters. The predicted octanol–water partition coefficient (Wildman–Crippen LogP) is 1.22. The highest BCUT2D eigenvalue weighted by molar-refractivity contribution is 6.30. The summed E-state index contributed by atoms with van der Waals surface area (Å²) in [6, 6.07) is 7.12. The van der Waals surface area contributed by atoms with Crippen LogP contribution in [0.1, 0.15) is 23.2 Å². The smallest absolute Gasteiger partial charge is 0.251 e. The lowest BCUT2D eigenvalue weighted by Crippen LogP contribution is -2.48. The molecule has 23 heavy (non-hydrogen) atoms. The second-order valence-electron chi connectivity index (χ2n) is 5.69. The molecule has 1 fully saturated rings. The number of aromatic nitrogens is 4. The standard InChI is InChI=1S/C15H19ClN6O/c16-13-5-3-12(4-6-13)15(23)18-14-2-1-7-21(10-14)8-9-22-11-17-19-20-22/h3-6,11,14H,1-2,7-10H2,(H,18,23). The number of nitrogens with zero attached hydrogens (tertiary/aromatic N) is 5. The van der Waals surface area contributed by atoms with Gasteiger partial charge >= 0.3 is 0 Å². The molecule has 1 amide bonds. The van der Waals surface area contributed by atoms with E-state index in [1.54, 1.807) is 35.3 Å². The lowest BCUT2D eigenvalue weighted by atomic mass is 10.0. The van der Waals surface area contributed by atoms with Crippen LogP contribution in [0.25, 0.3) is 0 Å². The third-order valence-electron chi connectivity index (χ3n) is 3.98. The maximum Gasteiger partial charge on any atom is 0.251 e. The van der Waals surface area contributed by atoms with Gasteiger partial charge in [-0.25, -0.2) is 4.68 Å². The van der Waals surface area contributed by atoms with Gasteiger partial charge in [0.05, 0.1) is 6.54 Å². The van der Waals surface area contributed by atoms with Crippen LogP contribution in [0.3, 0.4) is 0 Å². The Morgan fingerprint density at radius 1 is 1.30 bits per heavy atom. The number of carbonyl (C=O) groups excluding carboxylic acids is 1. The average molecular weight is 335 g/mol. The molecule has 122 valence electrons. The Morgan fingerprint density at radius 2 is 2.13 bits per heavy atom. The number of hydrogen-bond donors (Lipinski definition) is 1. The lowest BCUT2D eigenvalue weighted by molar-refractivity contribution is 0.0901. The zero-order valence-electron chi connectivity index (χ0n) is 12.7. The predicted molar refractivity (Wildman–Crippen MR) is 86.2 cm³/mol. The van der Waals surface area contributed by atoms with Crippen molar-refractivity contribution < 1.29 is 4.79 Å². The molecule has 2 aromatic rings. The molecule has 1 saturated heterocycles. The molecule has 0 bridgehead atoms. The Morgan fingerprint density at radius 3 is 2.87 bits per heavy atom. The first kappa shape index (κ1) is 15.9. The van der Waals surface area contributed by atoms with Gasteiger partial charge in [0.2, 0.25) is 0 Å². The minimum Gasteiger partial charge on any atom is -0.348 e. The Hall–Kier alpha value is -1.99. The van der Waals surface area contributed by atoms with Crippen LogP contribution in [0, 0.1) is 0 Å². The van der Waals surface area contributed by atoms with Gasteiger partial charge in [-0.05, 0) is 54.1 Å². The van der Waals surface area contributed by atoms with Crippen molar-refractivity contribution >= 4 is 17.5 Å². The van der Waals surface area contributed by atoms with E-state index in [0.717, 1.165) is 39.0 Å². The van der Waals surface area contributed by atoms with E-state index in [1.165, 1.54) is 0 Å². The third kappa shape index (κ3) is 4.49. The number of halogens is 1. The molecule has 0 aliphatic carbocycles. The van der Waals surface area contributed by atoms with Gasteiger partial charge in [0.15, 0.2) is 0 Å². The van der Waals surface area contributed by atoms with Crippen molar-refractivity contribution in [2.24, 2.45) is 0 Å². The second-order valence-corrected chi connectivity index (χ2v) is 6.13. The summed E-state index contributed by atoms with van der Waals surface area (Å²) >= 11 is 5.85. The molecule has 0 radical (unpaired) electrons. The van der Waals surface area contributed by atoms with E-state index in [2.05, 4.69) is 25.7 Å². The first-order chi connectivity index (χ1) is 11.2. The summed E-state index contributed by atoms with van der Waals surface area (Å²) in [5, 5.41) is 14.9. The molecular formula is C15H19ClN6O. The first-order valence-corrected chi connectivity index (χ1v) is 8.08. The van der Waals surface area contributed by atoms with Gasteiger partial charge < -0.3 is 5.32 Å². The van der Waals surface area contributed by atoms with Gasteiger partial charge in [-0.2, -0.15) is 0 Å². The van der Waals surface area contributed by atoms with Crippen LogP contribution < -0.4 is 5.32 Å². The summed E-state index contributed by atoms with van der Waals surface area (Å²) in [4.78, 5) is 14.6. The number of piperidine rings is 1. The highest BCUT2D eigenvalue weighted by Gasteiger charge is 2.21. The van der Waals surface area contributed by atoms with Crippen LogP contribution in [-0.4, -0.2) is 56.7 Å². The highest BCUT2D eigenvalue weighted by Crippen LogP contribution is 2.13. The van der Waals surface area contributed by atoms with Gasteiger partial charge in [0, 0.05) is 29.7 Å². The summed E-state index contributed by atoms with van der Waals surface area (Å²) in [5.74, 6) is -0.0472. The number of hydrogen-bond acceptors (Lipinski definition) is 5. The normalized spacial score (nSPS) is 18.7. The average Bonchev–Trinajstić information content (AvgIpc) is 3.07. The first-order valence-electron chi connectivity index (χ1n) is 7.70. The van der Waals surface area contributed by atoms with Gasteiger partial charge in [-0.1, -0.05) is 11.6 Å². The Kier molecular flexibility index (Phi) is 5.19. The Bertz CT molecular complexity index is 630. The van der Waals surface area contributed by atoms with Crippen molar-refractivity contribution in [3.8, 4) is 0 Å². The topological polar surface area (TPSA) is 75.9 Å². The molecule has 1 aromatic heterocycles. The van der Waals surface area contributed by atoms with Crippen molar-refractivity contribution in [3.63, 3.8) is 0 Å². The maximum atomic E-state index is 12.3. The van der Waals surface area contributed by atoms with E-state index in [-0.39, 0.29) is 11.9 Å². The van der Waals surface area contributed by atoms with Crippen molar-refractivity contribution in [2.45, 2.75) is 25.4 Å². The highest BCUT2D eigenvalue weighted by atomic mass is 35.5. The minimum atomic E-state index is -0.0472. The molecule has 3 rings (SSSR count). The van der Waals surface area contributed by atoms with Crippen LogP contribution >= 0.6 is 11.6 Å². The fourth-order valence-electron chi connectivity index (χ4n) is 2.77. The minimum absolute atomic E-state index is 0.0472. The molecular weight excluding hydrogens is 316 g/mol. The molecule has 1 unspecified atom stereocenters. The van der Waals surface area contributed by atoms with Crippen LogP contribution in [0.15, 0.2) is 30.6 Å². The SMILES string of the molecule is O=C(NC1CCCN(CCn2cnnn2)C1)c1ccc(Cl)cc1. The van der Waals surface area contributed by atoms with Gasteiger partial charge in [-0.15, -0.1) is 5.10 Å². The van der Waals surface area contributed by atoms with E-state index in [0.29, 0.717) is 10.6 Å². The van der Waals surface area contributed by atoms with Crippen LogP contribution in [-0.2, 0) is 6.54 Å². The zero-order chi connectivity index (χ0) is 16.1. The summed E-state index contributed by atoms with van der Waals surface area (Å²) in [6.07, 6.45) is 3.69. The van der Waals surface area contributed by atoms with Gasteiger partial charge in [0.25, 0.3) is 5.91 Å². The number of carbonyl (C=O) groups is 1. The number of benzene rings is 1. The van der Waals surface area contributed by atoms with Crippen molar-refractivity contribution in [1.29, 1.82) is 0 Å². The Balaban J connectivity index is 1.50. The number of amides is 1. The monoisotopic (exact) mass is 334 g/mol. The molecule has 1 aliphatic rings. The molecule has 1 N–H and O–H groups in total. The van der Waals surface area contributed by atoms with E-state index in [1.807, 2.05) is 0 Å². The van der Waals surface area contributed by atoms with Gasteiger partial charge in [0.1, 0.15) is 6.33 Å². The van der Waals surface area contributed by atoms with E-state index in [4.69, 9.17) is 11.6 Å². The molecule has 8 heteroatoms. The quantitative estimate of drug-likeness (QED) is 0.889. The molecule has 1 aliphatic heterocycles. The van der Waals surface area contributed by atoms with E-state index < -0.39 is 0 Å². The number of nitrogens with one attached hydrogen (secondary N) is 1. The van der Waals surface area contributed by atoms with Crippen LogP contribution in [0.2, 0.25) is 5.02 Å². The summed E-state index contributed by atoms with van der Waals surface area (Å²) in [7, 11) is 0. The summed E-state index contributed by atoms with van der Waals surface area (Å²) in [6.45, 7) is 3.51. The number of likely N-dealkylation sites (tertiary alicyclic amines) is 1. The van der Waals surface area contributed by atoms with Crippen LogP contribution in [0.4, 0.5) is 0 Å². The summed E-state index contributed by atoms with van der Waals surface area (Å²) < 4.78 is 1.72. The van der Waals surface area contributed by atoms with E-state index >= 15 is 0 Å². The number of tetrazole rings is 1. The van der Waals surface area contributed by atoms with Crippen molar-refractivity contribution in [2.75, 3.05) is 19.6 Å². The molecule has 0 spiro atoms. The fraction of sp³-hybridized carbons (Fsp3) is 0.467. The maximum absolute atomic E-state index is 12.3. The molecule has 7 nitrogen and oxygen atoms in total. The third-order valence-corrected chi connectivity index (χ3v) is 4.24. The lowest BCUT2D eigenvalue weighted by Gasteiger charge is -2.33. The zero-order valence-corrected chi connectivity index (χ0v) is 13.5. The Labute approximate surface area is 139 Å². The molecule has 0 saturated carbocycles. The number of rotatable bonds is 5. The van der Waals surface area contributed by atoms with Crippen molar-refractivity contribution in [3.05, 3.63) is 41.2 Å². The van der Waals surface area contributed by atoms with E-state index in [9.17, 15) is 4.79 Å². The fourth-order valence-corrected chi connectivity index (χ4v) is 2.90. The largest absolute Gasteiger partial charge is 0.348 e. The van der Waals surface area contributed by atoms with Crippen LogP contribution in [0.5, 0.6) is 0 Å². The second kappa shape index (κ2) is 7.52. The van der Waals surface area contributed by atoms with Crippen molar-refractivity contribution in [1.82, 2.24) is 30.4 Å². The van der Waals surface area contributed by atoms with Gasteiger partial charge in [-0.3, -0.25) is 9.69 Å².